The van der Waals surface area contributed by atoms with Gasteiger partial charge in [0.15, 0.2) is 12.4 Å². The molecule has 0 aliphatic heterocycles. The summed E-state index contributed by atoms with van der Waals surface area (Å²) in [6.45, 7) is 2.67. The summed E-state index contributed by atoms with van der Waals surface area (Å²) in [5, 5.41) is 4.00. The van der Waals surface area contributed by atoms with Crippen molar-refractivity contribution >= 4 is 11.7 Å². The van der Waals surface area contributed by atoms with Crippen LogP contribution in [-0.2, 0) is 17.9 Å². The Morgan fingerprint density at radius 3 is 2.90 bits per heavy atom. The summed E-state index contributed by atoms with van der Waals surface area (Å²) < 4.78 is 11.9. The van der Waals surface area contributed by atoms with E-state index in [4.69, 9.17) is 15.2 Å². The summed E-state index contributed by atoms with van der Waals surface area (Å²) in [6, 6.07) is 4.74. The summed E-state index contributed by atoms with van der Waals surface area (Å²) in [7, 11) is 1.52. The third-order valence-corrected chi connectivity index (χ3v) is 2.79. The highest BCUT2D eigenvalue weighted by molar-refractivity contribution is 5.91. The van der Waals surface area contributed by atoms with Crippen LogP contribution >= 0.6 is 0 Å². The molecular formula is C13H16N4O3. The van der Waals surface area contributed by atoms with Gasteiger partial charge in [-0.25, -0.2) is 14.5 Å². The molecule has 0 saturated heterocycles. The lowest BCUT2D eigenvalue weighted by molar-refractivity contribution is 0.0457. The fourth-order valence-corrected chi connectivity index (χ4v) is 1.74. The number of esters is 1. The molecule has 7 heteroatoms. The number of ether oxygens (including phenoxy) is 2. The molecule has 0 aliphatic rings. The Bertz CT molecular complexity index is 609. The third-order valence-electron chi connectivity index (χ3n) is 2.79. The summed E-state index contributed by atoms with van der Waals surface area (Å²) in [4.78, 5) is 15.9. The van der Waals surface area contributed by atoms with Crippen molar-refractivity contribution in [3.63, 3.8) is 0 Å². The van der Waals surface area contributed by atoms with Crippen molar-refractivity contribution in [1.82, 2.24) is 14.8 Å². The second-order valence-corrected chi connectivity index (χ2v) is 4.02. The van der Waals surface area contributed by atoms with Crippen LogP contribution in [-0.4, -0.2) is 27.8 Å². The lowest BCUT2D eigenvalue weighted by Gasteiger charge is -2.08. The van der Waals surface area contributed by atoms with Gasteiger partial charge in [-0.1, -0.05) is 0 Å². The molecule has 1 aromatic carbocycles. The molecule has 1 aromatic heterocycles. The second kappa shape index (κ2) is 6.05. The molecule has 0 bridgehead atoms. The lowest BCUT2D eigenvalue weighted by atomic mass is 10.2. The fourth-order valence-electron chi connectivity index (χ4n) is 1.74. The van der Waals surface area contributed by atoms with Gasteiger partial charge in [0.1, 0.15) is 12.1 Å². The molecule has 106 valence electrons. The Balaban J connectivity index is 2.03. The van der Waals surface area contributed by atoms with Crippen LogP contribution in [0.4, 0.5) is 5.69 Å². The number of nitrogen functional groups attached to an aromatic ring is 1. The van der Waals surface area contributed by atoms with Crippen molar-refractivity contribution < 1.29 is 14.3 Å². The number of hydrogen-bond acceptors (Lipinski definition) is 6. The molecule has 0 atom stereocenters. The minimum Gasteiger partial charge on any atom is -0.495 e. The quantitative estimate of drug-likeness (QED) is 0.652. The Kier molecular flexibility index (Phi) is 4.19. The van der Waals surface area contributed by atoms with Crippen molar-refractivity contribution in [3.8, 4) is 5.75 Å². The zero-order valence-corrected chi connectivity index (χ0v) is 11.4. The molecule has 20 heavy (non-hydrogen) atoms. The van der Waals surface area contributed by atoms with Gasteiger partial charge in [-0.15, -0.1) is 0 Å². The lowest BCUT2D eigenvalue weighted by Crippen LogP contribution is -2.10. The third kappa shape index (κ3) is 2.87. The van der Waals surface area contributed by atoms with Gasteiger partial charge >= 0.3 is 5.97 Å². The number of nitrogens with zero attached hydrogens (tertiary/aromatic N) is 3. The van der Waals surface area contributed by atoms with Gasteiger partial charge in [-0.3, -0.25) is 0 Å². The van der Waals surface area contributed by atoms with Crippen molar-refractivity contribution in [3.05, 3.63) is 35.9 Å². The molecule has 0 radical (unpaired) electrons. The van der Waals surface area contributed by atoms with Gasteiger partial charge in [-0.2, -0.15) is 5.10 Å². The minimum atomic E-state index is -0.468. The Hall–Kier alpha value is -2.57. The van der Waals surface area contributed by atoms with E-state index in [0.29, 0.717) is 29.4 Å². The van der Waals surface area contributed by atoms with E-state index >= 15 is 0 Å². The number of aromatic nitrogens is 3. The number of aryl methyl sites for hydroxylation is 1. The first-order valence-electron chi connectivity index (χ1n) is 6.13. The van der Waals surface area contributed by atoms with Crippen LogP contribution in [0.5, 0.6) is 5.75 Å². The van der Waals surface area contributed by atoms with E-state index in [-0.39, 0.29) is 6.61 Å². The maximum atomic E-state index is 11.9. The maximum absolute atomic E-state index is 11.9. The van der Waals surface area contributed by atoms with Crippen LogP contribution in [0.3, 0.4) is 0 Å². The average molecular weight is 276 g/mol. The van der Waals surface area contributed by atoms with Crippen LogP contribution in [0.2, 0.25) is 0 Å². The largest absolute Gasteiger partial charge is 0.495 e. The maximum Gasteiger partial charge on any atom is 0.338 e. The monoisotopic (exact) mass is 276 g/mol. The first kappa shape index (κ1) is 13.9. The average Bonchev–Trinajstić information content (AvgIpc) is 2.92. The molecule has 0 saturated carbocycles. The topological polar surface area (TPSA) is 92.3 Å². The number of carbonyl (C=O) groups is 1. The van der Waals surface area contributed by atoms with Gasteiger partial charge < -0.3 is 15.2 Å². The number of rotatable bonds is 5. The number of carbonyl (C=O) groups excluding carboxylic acids is 1. The molecule has 1 heterocycles. The fraction of sp³-hybridized carbons (Fsp3) is 0.308. The zero-order chi connectivity index (χ0) is 14.5. The van der Waals surface area contributed by atoms with Gasteiger partial charge in [0.05, 0.1) is 18.4 Å². The first-order valence-corrected chi connectivity index (χ1v) is 6.13. The van der Waals surface area contributed by atoms with Gasteiger partial charge in [0.2, 0.25) is 0 Å². The molecule has 2 rings (SSSR count). The molecule has 2 aromatic rings. The van der Waals surface area contributed by atoms with Crippen LogP contribution in [0, 0.1) is 0 Å². The number of anilines is 1. The number of methoxy groups -OCH3 is 1. The first-order chi connectivity index (χ1) is 9.65. The predicted octanol–water partition coefficient (Wildman–Crippen LogP) is 1.25. The van der Waals surface area contributed by atoms with Crippen LogP contribution < -0.4 is 10.5 Å². The normalized spacial score (nSPS) is 10.3. The van der Waals surface area contributed by atoms with Crippen LogP contribution in [0.1, 0.15) is 23.1 Å². The van der Waals surface area contributed by atoms with E-state index in [1.807, 2.05) is 6.92 Å². The van der Waals surface area contributed by atoms with Crippen LogP contribution in [0.25, 0.3) is 0 Å². The predicted molar refractivity (Wildman–Crippen MR) is 72.2 cm³/mol. The number of hydrogen-bond donors (Lipinski definition) is 1. The summed E-state index contributed by atoms with van der Waals surface area (Å²) in [6.07, 6.45) is 1.43. The van der Waals surface area contributed by atoms with E-state index in [0.717, 1.165) is 0 Å². The van der Waals surface area contributed by atoms with Gasteiger partial charge in [0.25, 0.3) is 0 Å². The van der Waals surface area contributed by atoms with Crippen LogP contribution in [0.15, 0.2) is 24.5 Å². The van der Waals surface area contributed by atoms with Gasteiger partial charge in [-0.05, 0) is 25.1 Å². The number of nitrogens with two attached hydrogens (primary N) is 1. The van der Waals surface area contributed by atoms with Crippen molar-refractivity contribution in [2.24, 2.45) is 0 Å². The van der Waals surface area contributed by atoms with E-state index < -0.39 is 5.97 Å². The molecule has 0 amide bonds. The molecule has 2 N–H and O–H groups in total. The molecule has 0 spiro atoms. The smallest absolute Gasteiger partial charge is 0.338 e. The molecular weight excluding hydrogens is 260 g/mol. The van der Waals surface area contributed by atoms with E-state index in [1.165, 1.54) is 19.5 Å². The SMILES string of the molecule is CCn1ncnc1COC(=O)c1ccc(OC)c(N)c1. The number of benzene rings is 1. The second-order valence-electron chi connectivity index (χ2n) is 4.02. The Labute approximate surface area is 116 Å². The van der Waals surface area contributed by atoms with E-state index in [1.54, 1.807) is 16.8 Å². The zero-order valence-electron chi connectivity index (χ0n) is 11.4. The highest BCUT2D eigenvalue weighted by atomic mass is 16.5. The molecule has 0 fully saturated rings. The van der Waals surface area contributed by atoms with Crippen molar-refractivity contribution in [1.29, 1.82) is 0 Å². The Morgan fingerprint density at radius 2 is 2.25 bits per heavy atom. The Morgan fingerprint density at radius 1 is 1.45 bits per heavy atom. The molecule has 0 aliphatic carbocycles. The minimum absolute atomic E-state index is 0.0681. The summed E-state index contributed by atoms with van der Waals surface area (Å²) >= 11 is 0. The molecule has 0 unspecified atom stereocenters. The van der Waals surface area contributed by atoms with Crippen molar-refractivity contribution in [2.45, 2.75) is 20.1 Å². The highest BCUT2D eigenvalue weighted by Gasteiger charge is 2.12. The standard InChI is InChI=1S/C13H16N4O3/c1-3-17-12(15-8-16-17)7-20-13(18)9-4-5-11(19-2)10(14)6-9/h4-6,8H,3,7,14H2,1-2H3. The highest BCUT2D eigenvalue weighted by Crippen LogP contribution is 2.22. The summed E-state index contributed by atoms with van der Waals surface area (Å²) in [5.41, 5.74) is 6.50. The van der Waals surface area contributed by atoms with Crippen molar-refractivity contribution in [2.75, 3.05) is 12.8 Å². The summed E-state index contributed by atoms with van der Waals surface area (Å²) in [5.74, 6) is 0.652. The van der Waals surface area contributed by atoms with E-state index in [2.05, 4.69) is 10.1 Å². The molecule has 7 nitrogen and oxygen atoms in total. The van der Waals surface area contributed by atoms with Gasteiger partial charge in [0, 0.05) is 6.54 Å². The van der Waals surface area contributed by atoms with E-state index in [9.17, 15) is 4.79 Å².